The molecule has 0 bridgehead atoms. The molecule has 2 aromatic carbocycles. The Bertz CT molecular complexity index is 1360. The molecular weight excluding hydrogens is 450 g/mol. The van der Waals surface area contributed by atoms with Gasteiger partial charge in [0, 0.05) is 48.8 Å². The quantitative estimate of drug-likeness (QED) is 0.482. The maximum absolute atomic E-state index is 13.0. The molecule has 0 unspecified atom stereocenters. The molecule has 0 radical (unpaired) electrons. The number of nitrogens with one attached hydrogen (secondary N) is 1. The van der Waals surface area contributed by atoms with Crippen LogP contribution >= 0.6 is 11.6 Å². The Kier molecular flexibility index (Phi) is 5.87. The van der Waals surface area contributed by atoms with Gasteiger partial charge in [-0.05, 0) is 49.7 Å². The summed E-state index contributed by atoms with van der Waals surface area (Å²) in [5.74, 6) is 0.0615. The van der Waals surface area contributed by atoms with E-state index in [2.05, 4.69) is 10.1 Å². The number of amides is 2. The zero-order valence-corrected chi connectivity index (χ0v) is 20.0. The molecule has 1 aliphatic heterocycles. The summed E-state index contributed by atoms with van der Waals surface area (Å²) >= 11 is 6.26. The maximum atomic E-state index is 13.0. The molecule has 7 nitrogen and oxygen atoms in total. The van der Waals surface area contributed by atoms with Crippen molar-refractivity contribution >= 4 is 34.3 Å². The first kappa shape index (κ1) is 22.2. The minimum atomic E-state index is -0.0262. The number of aromatic nitrogens is 3. The summed E-state index contributed by atoms with van der Waals surface area (Å²) in [5, 5.41) is 6.19. The van der Waals surface area contributed by atoms with E-state index in [9.17, 15) is 9.59 Å². The average Bonchev–Trinajstić information content (AvgIpc) is 3.39. The number of carbonyl (C=O) groups is 2. The highest BCUT2D eigenvalue weighted by Gasteiger charge is 2.25. The molecule has 5 rings (SSSR count). The van der Waals surface area contributed by atoms with Crippen LogP contribution in [0, 0.1) is 13.8 Å². The summed E-state index contributed by atoms with van der Waals surface area (Å²) in [7, 11) is 0. The summed E-state index contributed by atoms with van der Waals surface area (Å²) < 4.78 is 1.78. The van der Waals surface area contributed by atoms with Crippen LogP contribution in [0.4, 0.5) is 0 Å². The number of halogens is 1. The van der Waals surface area contributed by atoms with Crippen LogP contribution in [0.25, 0.3) is 16.6 Å². The number of hydrogen-bond donors (Lipinski definition) is 1. The number of nitrogens with zero attached hydrogens (tertiary/aromatic N) is 4. The third kappa shape index (κ3) is 4.07. The van der Waals surface area contributed by atoms with Gasteiger partial charge in [0.15, 0.2) is 0 Å². The molecule has 4 aromatic rings. The van der Waals surface area contributed by atoms with Crippen molar-refractivity contribution in [1.82, 2.24) is 24.6 Å². The highest BCUT2D eigenvalue weighted by atomic mass is 35.5. The van der Waals surface area contributed by atoms with Crippen LogP contribution in [-0.4, -0.2) is 62.6 Å². The fourth-order valence-corrected chi connectivity index (χ4v) is 4.63. The number of aromatic amines is 1. The number of benzene rings is 2. The van der Waals surface area contributed by atoms with Gasteiger partial charge in [-0.25, -0.2) is 4.68 Å². The first-order valence-corrected chi connectivity index (χ1v) is 11.7. The van der Waals surface area contributed by atoms with Crippen molar-refractivity contribution in [3.05, 3.63) is 82.3 Å². The second-order valence-corrected chi connectivity index (χ2v) is 9.03. The Morgan fingerprint density at radius 1 is 0.971 bits per heavy atom. The van der Waals surface area contributed by atoms with Gasteiger partial charge in [0.1, 0.15) is 0 Å². The first-order chi connectivity index (χ1) is 16.4. The van der Waals surface area contributed by atoms with Gasteiger partial charge in [-0.15, -0.1) is 0 Å². The van der Waals surface area contributed by atoms with Crippen LogP contribution in [0.5, 0.6) is 0 Å². The molecular formula is C26H26ClN5O2. The van der Waals surface area contributed by atoms with E-state index in [0.717, 1.165) is 33.5 Å². The lowest BCUT2D eigenvalue weighted by Gasteiger charge is -2.35. The Morgan fingerprint density at radius 2 is 1.65 bits per heavy atom. The fraction of sp³-hybridized carbons (Fsp3) is 0.269. The van der Waals surface area contributed by atoms with E-state index >= 15 is 0 Å². The third-order valence-corrected chi connectivity index (χ3v) is 7.05. The molecule has 2 aromatic heterocycles. The van der Waals surface area contributed by atoms with Gasteiger partial charge in [-0.3, -0.25) is 9.59 Å². The molecule has 3 heterocycles. The molecule has 0 atom stereocenters. The number of piperazine rings is 1. The SMILES string of the molecule is Cc1nn(-c2ccc(C(=O)N3CCN(C(=O)Cc4c[nH]c5ccccc45)CC3)cc2)c(C)c1Cl. The van der Waals surface area contributed by atoms with Crippen LogP contribution in [0.15, 0.2) is 54.7 Å². The van der Waals surface area contributed by atoms with Crippen molar-refractivity contribution in [2.45, 2.75) is 20.3 Å². The van der Waals surface area contributed by atoms with Gasteiger partial charge in [0.2, 0.25) is 5.91 Å². The molecule has 1 fully saturated rings. The van der Waals surface area contributed by atoms with Crippen molar-refractivity contribution in [2.24, 2.45) is 0 Å². The van der Waals surface area contributed by atoms with Crippen LogP contribution in [-0.2, 0) is 11.2 Å². The van der Waals surface area contributed by atoms with E-state index in [1.165, 1.54) is 0 Å². The molecule has 0 aliphatic carbocycles. The molecule has 0 spiro atoms. The van der Waals surface area contributed by atoms with E-state index in [1.807, 2.05) is 78.4 Å². The average molecular weight is 476 g/mol. The standard InChI is InChI=1S/C26H26ClN5O2/c1-17-25(27)18(2)32(29-17)21-9-7-19(8-10-21)26(34)31-13-11-30(12-14-31)24(33)15-20-16-28-23-6-4-3-5-22(20)23/h3-10,16,28H,11-15H2,1-2H3. The van der Waals surface area contributed by atoms with Crippen LogP contribution in [0.1, 0.15) is 27.3 Å². The predicted molar refractivity (Wildman–Crippen MR) is 133 cm³/mol. The number of hydrogen-bond acceptors (Lipinski definition) is 3. The second kappa shape index (κ2) is 8.99. The summed E-state index contributed by atoms with van der Waals surface area (Å²) in [6, 6.07) is 15.4. The lowest BCUT2D eigenvalue weighted by atomic mass is 10.1. The molecule has 174 valence electrons. The van der Waals surface area contributed by atoms with E-state index in [-0.39, 0.29) is 11.8 Å². The molecule has 1 saturated heterocycles. The number of para-hydroxylation sites is 1. The minimum absolute atomic E-state index is 0.0262. The normalized spacial score (nSPS) is 14.1. The van der Waals surface area contributed by atoms with Crippen molar-refractivity contribution in [1.29, 1.82) is 0 Å². The number of fused-ring (bicyclic) bond motifs is 1. The zero-order valence-electron chi connectivity index (χ0n) is 19.2. The first-order valence-electron chi connectivity index (χ1n) is 11.4. The highest BCUT2D eigenvalue weighted by Crippen LogP contribution is 2.23. The Hall–Kier alpha value is -3.58. The van der Waals surface area contributed by atoms with Crippen molar-refractivity contribution in [3.63, 3.8) is 0 Å². The molecule has 1 aliphatic rings. The predicted octanol–water partition coefficient (Wildman–Crippen LogP) is 4.15. The fourth-order valence-electron chi connectivity index (χ4n) is 4.51. The monoisotopic (exact) mass is 475 g/mol. The maximum Gasteiger partial charge on any atom is 0.253 e. The largest absolute Gasteiger partial charge is 0.361 e. The van der Waals surface area contributed by atoms with Crippen LogP contribution in [0.3, 0.4) is 0 Å². The van der Waals surface area contributed by atoms with Crippen molar-refractivity contribution in [3.8, 4) is 5.69 Å². The van der Waals surface area contributed by atoms with Crippen molar-refractivity contribution in [2.75, 3.05) is 26.2 Å². The molecule has 2 amide bonds. The third-order valence-electron chi connectivity index (χ3n) is 6.50. The van der Waals surface area contributed by atoms with E-state index in [1.54, 1.807) is 4.68 Å². The van der Waals surface area contributed by atoms with E-state index in [0.29, 0.717) is 43.2 Å². The highest BCUT2D eigenvalue weighted by molar-refractivity contribution is 6.31. The molecule has 1 N–H and O–H groups in total. The Morgan fingerprint density at radius 3 is 2.32 bits per heavy atom. The second-order valence-electron chi connectivity index (χ2n) is 8.65. The van der Waals surface area contributed by atoms with Gasteiger partial charge in [0.05, 0.1) is 28.5 Å². The van der Waals surface area contributed by atoms with Gasteiger partial charge in [-0.2, -0.15) is 5.10 Å². The van der Waals surface area contributed by atoms with Crippen LogP contribution in [0.2, 0.25) is 5.02 Å². The van der Waals surface area contributed by atoms with Gasteiger partial charge in [-0.1, -0.05) is 29.8 Å². The lowest BCUT2D eigenvalue weighted by molar-refractivity contribution is -0.131. The van der Waals surface area contributed by atoms with Gasteiger partial charge >= 0.3 is 0 Å². The number of aryl methyl sites for hydroxylation is 1. The van der Waals surface area contributed by atoms with E-state index < -0.39 is 0 Å². The number of carbonyl (C=O) groups excluding carboxylic acids is 2. The lowest BCUT2D eigenvalue weighted by Crippen LogP contribution is -2.51. The topological polar surface area (TPSA) is 74.2 Å². The molecule has 34 heavy (non-hydrogen) atoms. The van der Waals surface area contributed by atoms with Gasteiger partial charge < -0.3 is 14.8 Å². The minimum Gasteiger partial charge on any atom is -0.361 e. The summed E-state index contributed by atoms with van der Waals surface area (Å²) in [4.78, 5) is 32.8. The van der Waals surface area contributed by atoms with E-state index in [4.69, 9.17) is 11.6 Å². The molecule has 8 heteroatoms. The summed E-state index contributed by atoms with van der Waals surface area (Å²) in [6.07, 6.45) is 2.27. The smallest absolute Gasteiger partial charge is 0.253 e. The van der Waals surface area contributed by atoms with Crippen LogP contribution < -0.4 is 0 Å². The number of H-pyrrole nitrogens is 1. The summed E-state index contributed by atoms with van der Waals surface area (Å²) in [5.41, 5.74) is 5.16. The summed E-state index contributed by atoms with van der Waals surface area (Å²) in [6.45, 7) is 5.90. The number of rotatable bonds is 4. The van der Waals surface area contributed by atoms with Crippen molar-refractivity contribution < 1.29 is 9.59 Å². The van der Waals surface area contributed by atoms with Gasteiger partial charge in [0.25, 0.3) is 5.91 Å². The Balaban J connectivity index is 1.20. The molecule has 0 saturated carbocycles. The zero-order chi connectivity index (χ0) is 23.8. The Labute approximate surface area is 202 Å².